The summed E-state index contributed by atoms with van der Waals surface area (Å²) >= 11 is 2.71. The van der Waals surface area contributed by atoms with E-state index < -0.39 is 0 Å². The van der Waals surface area contributed by atoms with E-state index in [9.17, 15) is 9.59 Å². The first-order chi connectivity index (χ1) is 12.1. The standard InChI is InChI=1S/C17H19N3O3S2/c1-3-15(22)20(12-7-8-12)16-18-19-17(25-16)24-10-14(21)11-5-4-6-13(9-11)23-2/h4-6,9,12H,3,7-8,10H2,1-2H3. The van der Waals surface area contributed by atoms with E-state index in [1.807, 2.05) is 6.92 Å². The van der Waals surface area contributed by atoms with Gasteiger partial charge in [0.2, 0.25) is 11.0 Å². The third-order valence-corrected chi connectivity index (χ3v) is 5.86. The predicted molar refractivity (Wildman–Crippen MR) is 98.8 cm³/mol. The summed E-state index contributed by atoms with van der Waals surface area (Å²) in [7, 11) is 1.57. The maximum absolute atomic E-state index is 12.3. The Morgan fingerprint density at radius 1 is 1.36 bits per heavy atom. The molecular weight excluding hydrogens is 358 g/mol. The van der Waals surface area contributed by atoms with E-state index in [1.165, 1.54) is 23.1 Å². The van der Waals surface area contributed by atoms with Crippen molar-refractivity contribution in [1.82, 2.24) is 10.2 Å². The molecule has 1 amide bonds. The lowest BCUT2D eigenvalue weighted by molar-refractivity contribution is -0.118. The number of nitrogens with zero attached hydrogens (tertiary/aromatic N) is 3. The van der Waals surface area contributed by atoms with Gasteiger partial charge < -0.3 is 4.74 Å². The van der Waals surface area contributed by atoms with Crippen LogP contribution in [0.1, 0.15) is 36.5 Å². The van der Waals surface area contributed by atoms with E-state index in [4.69, 9.17) is 4.74 Å². The smallest absolute Gasteiger partial charge is 0.228 e. The van der Waals surface area contributed by atoms with Gasteiger partial charge >= 0.3 is 0 Å². The van der Waals surface area contributed by atoms with Crippen molar-refractivity contribution in [3.63, 3.8) is 0 Å². The molecule has 1 fully saturated rings. The summed E-state index contributed by atoms with van der Waals surface area (Å²) in [6.45, 7) is 1.85. The van der Waals surface area contributed by atoms with Crippen LogP contribution in [-0.2, 0) is 4.79 Å². The van der Waals surface area contributed by atoms with Crippen LogP contribution in [0.5, 0.6) is 5.75 Å². The fraction of sp³-hybridized carbons (Fsp3) is 0.412. The zero-order valence-corrected chi connectivity index (χ0v) is 15.7. The number of rotatable bonds is 8. The predicted octanol–water partition coefficient (Wildman–Crippen LogP) is 3.43. The van der Waals surface area contributed by atoms with E-state index in [0.717, 1.165) is 12.8 Å². The molecule has 0 radical (unpaired) electrons. The molecule has 6 nitrogen and oxygen atoms in total. The quantitative estimate of drug-likeness (QED) is 0.399. The lowest BCUT2D eigenvalue weighted by Gasteiger charge is -2.17. The van der Waals surface area contributed by atoms with Crippen molar-refractivity contribution in [1.29, 1.82) is 0 Å². The number of carbonyl (C=O) groups is 2. The zero-order valence-electron chi connectivity index (χ0n) is 14.1. The van der Waals surface area contributed by atoms with E-state index in [-0.39, 0.29) is 23.5 Å². The molecule has 1 saturated carbocycles. The van der Waals surface area contributed by atoms with Gasteiger partial charge in [-0.3, -0.25) is 14.5 Å². The number of ether oxygens (including phenoxy) is 1. The lowest BCUT2D eigenvalue weighted by atomic mass is 10.1. The first-order valence-electron chi connectivity index (χ1n) is 8.08. The first kappa shape index (κ1) is 17.9. The Morgan fingerprint density at radius 3 is 2.84 bits per heavy atom. The molecule has 1 aromatic carbocycles. The van der Waals surface area contributed by atoms with Gasteiger partial charge in [-0.05, 0) is 25.0 Å². The van der Waals surface area contributed by atoms with Crippen molar-refractivity contribution < 1.29 is 14.3 Å². The normalized spacial score (nSPS) is 13.5. The molecule has 1 heterocycles. The van der Waals surface area contributed by atoms with Gasteiger partial charge in [-0.1, -0.05) is 42.2 Å². The highest BCUT2D eigenvalue weighted by atomic mass is 32.2. The third kappa shape index (κ3) is 4.38. The summed E-state index contributed by atoms with van der Waals surface area (Å²) in [4.78, 5) is 26.2. The minimum atomic E-state index is 0.00401. The number of methoxy groups -OCH3 is 1. The van der Waals surface area contributed by atoms with E-state index in [1.54, 1.807) is 36.3 Å². The van der Waals surface area contributed by atoms with Gasteiger partial charge in [-0.25, -0.2) is 0 Å². The molecule has 25 heavy (non-hydrogen) atoms. The SMILES string of the molecule is CCC(=O)N(c1nnc(SCC(=O)c2cccc(OC)c2)s1)C1CC1. The van der Waals surface area contributed by atoms with Crippen LogP contribution >= 0.6 is 23.1 Å². The molecule has 0 unspecified atom stereocenters. The summed E-state index contributed by atoms with van der Waals surface area (Å²) in [6.07, 6.45) is 2.48. The number of hydrogen-bond acceptors (Lipinski definition) is 7. The second-order valence-electron chi connectivity index (χ2n) is 5.64. The second-order valence-corrected chi connectivity index (χ2v) is 7.82. The average molecular weight is 377 g/mol. The van der Waals surface area contributed by atoms with Gasteiger partial charge in [-0.15, -0.1) is 10.2 Å². The van der Waals surface area contributed by atoms with Gasteiger partial charge in [0.25, 0.3) is 0 Å². The van der Waals surface area contributed by atoms with Crippen LogP contribution in [0.3, 0.4) is 0 Å². The van der Waals surface area contributed by atoms with Crippen molar-refractivity contribution in [3.8, 4) is 5.75 Å². The highest BCUT2D eigenvalue weighted by molar-refractivity contribution is 8.01. The maximum atomic E-state index is 12.3. The Hall–Kier alpha value is -1.93. The lowest BCUT2D eigenvalue weighted by Crippen LogP contribution is -2.32. The molecule has 132 valence electrons. The number of ketones is 1. The number of anilines is 1. The Bertz CT molecular complexity index is 774. The van der Waals surface area contributed by atoms with Crippen LogP contribution in [0.4, 0.5) is 5.13 Å². The summed E-state index contributed by atoms with van der Waals surface area (Å²) in [6, 6.07) is 7.35. The molecule has 8 heteroatoms. The van der Waals surface area contributed by atoms with Crippen LogP contribution in [0.2, 0.25) is 0 Å². The molecule has 1 aliphatic carbocycles. The van der Waals surface area contributed by atoms with Gasteiger partial charge in [0.1, 0.15) is 5.75 Å². The van der Waals surface area contributed by atoms with Crippen LogP contribution in [0.25, 0.3) is 0 Å². The molecule has 0 saturated heterocycles. The Kier molecular flexibility index (Phi) is 5.70. The van der Waals surface area contributed by atoms with Crippen molar-refractivity contribution in [2.45, 2.75) is 36.6 Å². The Balaban J connectivity index is 1.63. The number of Topliss-reactive ketones (excluding diaryl/α,β-unsaturated/α-hetero) is 1. The number of benzene rings is 1. The molecule has 1 aliphatic rings. The zero-order chi connectivity index (χ0) is 17.8. The molecule has 0 spiro atoms. The van der Waals surface area contributed by atoms with E-state index >= 15 is 0 Å². The van der Waals surface area contributed by atoms with Crippen LogP contribution in [-0.4, -0.2) is 40.8 Å². The number of carbonyl (C=O) groups excluding carboxylic acids is 2. The summed E-state index contributed by atoms with van der Waals surface area (Å²) < 4.78 is 5.84. The average Bonchev–Trinajstić information content (AvgIpc) is 3.37. The highest BCUT2D eigenvalue weighted by Crippen LogP contribution is 2.36. The minimum absolute atomic E-state index is 0.00401. The van der Waals surface area contributed by atoms with Gasteiger partial charge in [-0.2, -0.15) is 0 Å². The molecule has 2 aromatic rings. The Labute approximate surface area is 154 Å². The second kappa shape index (κ2) is 7.97. The van der Waals surface area contributed by atoms with E-state index in [0.29, 0.717) is 27.2 Å². The number of thioether (sulfide) groups is 1. The number of aromatic nitrogens is 2. The third-order valence-electron chi connectivity index (χ3n) is 3.80. The van der Waals surface area contributed by atoms with E-state index in [2.05, 4.69) is 10.2 Å². The topological polar surface area (TPSA) is 72.4 Å². The van der Waals surface area contributed by atoms with Gasteiger partial charge in [0.15, 0.2) is 10.1 Å². The molecule has 1 aromatic heterocycles. The maximum Gasteiger partial charge on any atom is 0.228 e. The molecule has 0 N–H and O–H groups in total. The fourth-order valence-electron chi connectivity index (χ4n) is 2.33. The number of amides is 1. The van der Waals surface area contributed by atoms with Crippen LogP contribution in [0, 0.1) is 0 Å². The van der Waals surface area contributed by atoms with Gasteiger partial charge in [0, 0.05) is 18.0 Å². The summed E-state index contributed by atoms with van der Waals surface area (Å²) in [5.41, 5.74) is 0.609. The van der Waals surface area contributed by atoms with Crippen molar-refractivity contribution in [2.75, 3.05) is 17.8 Å². The van der Waals surface area contributed by atoms with Crippen LogP contribution in [0.15, 0.2) is 28.6 Å². The van der Waals surface area contributed by atoms with Crippen molar-refractivity contribution in [2.24, 2.45) is 0 Å². The monoisotopic (exact) mass is 377 g/mol. The molecule has 3 rings (SSSR count). The summed E-state index contributed by atoms with van der Waals surface area (Å²) in [5, 5.41) is 8.90. The molecule has 0 atom stereocenters. The van der Waals surface area contributed by atoms with Gasteiger partial charge in [0.05, 0.1) is 12.9 Å². The fourth-order valence-corrected chi connectivity index (χ4v) is 4.16. The largest absolute Gasteiger partial charge is 0.497 e. The minimum Gasteiger partial charge on any atom is -0.497 e. The number of hydrogen-bond donors (Lipinski definition) is 0. The summed E-state index contributed by atoms with van der Waals surface area (Å²) in [5.74, 6) is 1.01. The molecular formula is C17H19N3O3S2. The van der Waals surface area contributed by atoms with Crippen molar-refractivity contribution in [3.05, 3.63) is 29.8 Å². The highest BCUT2D eigenvalue weighted by Gasteiger charge is 2.35. The van der Waals surface area contributed by atoms with Crippen LogP contribution < -0.4 is 9.64 Å². The Morgan fingerprint density at radius 2 is 2.16 bits per heavy atom. The molecule has 0 bridgehead atoms. The van der Waals surface area contributed by atoms with Crippen molar-refractivity contribution >= 4 is 39.9 Å². The molecule has 0 aliphatic heterocycles. The first-order valence-corrected chi connectivity index (χ1v) is 9.88.